The van der Waals surface area contributed by atoms with Crippen molar-refractivity contribution in [3.8, 4) is 17.2 Å². The average molecular weight is 180 g/mol. The van der Waals surface area contributed by atoms with Crippen molar-refractivity contribution in [3.05, 3.63) is 30.9 Å². The van der Waals surface area contributed by atoms with E-state index in [0.717, 1.165) is 6.42 Å². The Kier molecular flexibility index (Phi) is 3.20. The van der Waals surface area contributed by atoms with E-state index in [0.29, 0.717) is 12.4 Å². The standard InChI is InChI=1S/C10H12O3/c1-2-3-4-13-10-6-8(11)5-9(12)7-10/h2,5-7,11-12H,1,3-4H2. The molecule has 13 heavy (non-hydrogen) atoms. The molecule has 0 radical (unpaired) electrons. The molecule has 1 aromatic carbocycles. The van der Waals surface area contributed by atoms with Crippen molar-refractivity contribution in [2.24, 2.45) is 0 Å². The summed E-state index contributed by atoms with van der Waals surface area (Å²) in [5.41, 5.74) is 0. The lowest BCUT2D eigenvalue weighted by Gasteiger charge is -2.05. The van der Waals surface area contributed by atoms with Crippen molar-refractivity contribution in [3.63, 3.8) is 0 Å². The highest BCUT2D eigenvalue weighted by Crippen LogP contribution is 2.25. The first-order chi connectivity index (χ1) is 6.22. The van der Waals surface area contributed by atoms with Gasteiger partial charge in [-0.15, -0.1) is 6.58 Å². The lowest BCUT2D eigenvalue weighted by Crippen LogP contribution is -1.94. The second-order valence-electron chi connectivity index (χ2n) is 2.61. The first kappa shape index (κ1) is 9.45. The fraction of sp³-hybridized carbons (Fsp3) is 0.200. The first-order valence-corrected chi connectivity index (χ1v) is 3.99. The molecular formula is C10H12O3. The fourth-order valence-corrected chi connectivity index (χ4v) is 0.911. The quantitative estimate of drug-likeness (QED) is 0.550. The lowest BCUT2D eigenvalue weighted by molar-refractivity contribution is 0.320. The predicted octanol–water partition coefficient (Wildman–Crippen LogP) is 2.05. The molecule has 0 amide bonds. The monoisotopic (exact) mass is 180 g/mol. The smallest absolute Gasteiger partial charge is 0.126 e. The van der Waals surface area contributed by atoms with Crippen LogP contribution < -0.4 is 4.74 Å². The Balaban J connectivity index is 2.60. The van der Waals surface area contributed by atoms with E-state index in [4.69, 9.17) is 14.9 Å². The lowest BCUT2D eigenvalue weighted by atomic mass is 10.3. The molecule has 0 fully saturated rings. The van der Waals surface area contributed by atoms with Crippen LogP contribution in [0.1, 0.15) is 6.42 Å². The summed E-state index contributed by atoms with van der Waals surface area (Å²) in [6.07, 6.45) is 2.47. The zero-order valence-electron chi connectivity index (χ0n) is 7.23. The van der Waals surface area contributed by atoms with Gasteiger partial charge >= 0.3 is 0 Å². The highest BCUT2D eigenvalue weighted by atomic mass is 16.5. The summed E-state index contributed by atoms with van der Waals surface area (Å²) in [6.45, 7) is 4.04. The Morgan fingerprint density at radius 1 is 1.23 bits per heavy atom. The first-order valence-electron chi connectivity index (χ1n) is 3.99. The zero-order valence-corrected chi connectivity index (χ0v) is 7.23. The molecule has 1 rings (SSSR count). The third-order valence-corrected chi connectivity index (χ3v) is 1.47. The summed E-state index contributed by atoms with van der Waals surface area (Å²) in [4.78, 5) is 0. The molecule has 0 saturated heterocycles. The van der Waals surface area contributed by atoms with Crippen molar-refractivity contribution in [2.45, 2.75) is 6.42 Å². The molecule has 0 saturated carbocycles. The van der Waals surface area contributed by atoms with Crippen molar-refractivity contribution in [1.82, 2.24) is 0 Å². The molecule has 0 aliphatic rings. The topological polar surface area (TPSA) is 49.7 Å². The van der Waals surface area contributed by atoms with Gasteiger partial charge in [0, 0.05) is 18.2 Å². The van der Waals surface area contributed by atoms with E-state index in [1.54, 1.807) is 6.08 Å². The fourth-order valence-electron chi connectivity index (χ4n) is 0.911. The Bertz CT molecular complexity index is 274. The van der Waals surface area contributed by atoms with Crippen LogP contribution in [0.15, 0.2) is 30.9 Å². The zero-order chi connectivity index (χ0) is 9.68. The van der Waals surface area contributed by atoms with E-state index in [2.05, 4.69) is 6.58 Å². The highest BCUT2D eigenvalue weighted by molar-refractivity contribution is 5.40. The molecule has 0 spiro atoms. The van der Waals surface area contributed by atoms with Gasteiger partial charge in [-0.3, -0.25) is 0 Å². The summed E-state index contributed by atoms with van der Waals surface area (Å²) in [7, 11) is 0. The van der Waals surface area contributed by atoms with Crippen LogP contribution in [-0.2, 0) is 0 Å². The highest BCUT2D eigenvalue weighted by Gasteiger charge is 1.98. The van der Waals surface area contributed by atoms with Crippen molar-refractivity contribution < 1.29 is 14.9 Å². The summed E-state index contributed by atoms with van der Waals surface area (Å²) in [5, 5.41) is 18.2. The van der Waals surface area contributed by atoms with Crippen LogP contribution in [0.2, 0.25) is 0 Å². The number of phenolic OH excluding ortho intramolecular Hbond substituents is 2. The van der Waals surface area contributed by atoms with Gasteiger partial charge in [0.15, 0.2) is 0 Å². The van der Waals surface area contributed by atoms with Gasteiger partial charge in [-0.25, -0.2) is 0 Å². The molecule has 0 aromatic heterocycles. The van der Waals surface area contributed by atoms with E-state index in [-0.39, 0.29) is 11.5 Å². The Hall–Kier alpha value is -1.64. The van der Waals surface area contributed by atoms with Gasteiger partial charge in [0.25, 0.3) is 0 Å². The number of hydrogen-bond donors (Lipinski definition) is 2. The maximum atomic E-state index is 9.09. The molecular weight excluding hydrogens is 168 g/mol. The van der Waals surface area contributed by atoms with Crippen LogP contribution >= 0.6 is 0 Å². The average Bonchev–Trinajstić information content (AvgIpc) is 2.03. The summed E-state index contributed by atoms with van der Waals surface area (Å²) in [6, 6.07) is 4.14. The van der Waals surface area contributed by atoms with Crippen molar-refractivity contribution in [2.75, 3.05) is 6.61 Å². The van der Waals surface area contributed by atoms with Gasteiger partial charge in [-0.1, -0.05) is 6.08 Å². The number of ether oxygens (including phenoxy) is 1. The third kappa shape index (κ3) is 3.07. The number of rotatable bonds is 4. The molecule has 0 unspecified atom stereocenters. The Morgan fingerprint density at radius 2 is 1.85 bits per heavy atom. The Labute approximate surface area is 76.9 Å². The van der Waals surface area contributed by atoms with Crippen LogP contribution in [0.3, 0.4) is 0 Å². The van der Waals surface area contributed by atoms with E-state index >= 15 is 0 Å². The van der Waals surface area contributed by atoms with E-state index in [1.807, 2.05) is 0 Å². The molecule has 0 aliphatic heterocycles. The van der Waals surface area contributed by atoms with Crippen LogP contribution in [0.25, 0.3) is 0 Å². The van der Waals surface area contributed by atoms with Crippen LogP contribution in [0.5, 0.6) is 17.2 Å². The molecule has 2 N–H and O–H groups in total. The molecule has 0 aliphatic carbocycles. The SMILES string of the molecule is C=CCCOc1cc(O)cc(O)c1. The summed E-state index contributed by atoms with van der Waals surface area (Å²) < 4.78 is 5.22. The van der Waals surface area contributed by atoms with Gasteiger partial charge in [0.05, 0.1) is 6.61 Å². The molecule has 70 valence electrons. The summed E-state index contributed by atoms with van der Waals surface area (Å²) in [5.74, 6) is 0.446. The number of hydrogen-bond acceptors (Lipinski definition) is 3. The molecule has 3 heteroatoms. The van der Waals surface area contributed by atoms with Crippen LogP contribution in [0.4, 0.5) is 0 Å². The maximum Gasteiger partial charge on any atom is 0.126 e. The molecule has 0 heterocycles. The molecule has 1 aromatic rings. The number of phenols is 2. The third-order valence-electron chi connectivity index (χ3n) is 1.47. The number of benzene rings is 1. The van der Waals surface area contributed by atoms with Crippen molar-refractivity contribution in [1.29, 1.82) is 0 Å². The predicted molar refractivity (Wildman–Crippen MR) is 50.1 cm³/mol. The maximum absolute atomic E-state index is 9.09. The van der Waals surface area contributed by atoms with E-state index < -0.39 is 0 Å². The van der Waals surface area contributed by atoms with Gasteiger partial charge < -0.3 is 14.9 Å². The molecule has 0 bridgehead atoms. The Morgan fingerprint density at radius 3 is 2.38 bits per heavy atom. The number of aromatic hydroxyl groups is 2. The summed E-state index contributed by atoms with van der Waals surface area (Å²) >= 11 is 0. The minimum absolute atomic E-state index is 0.00592. The minimum atomic E-state index is -0.00592. The van der Waals surface area contributed by atoms with Gasteiger partial charge in [0.2, 0.25) is 0 Å². The van der Waals surface area contributed by atoms with Crippen molar-refractivity contribution >= 4 is 0 Å². The van der Waals surface area contributed by atoms with E-state index in [1.165, 1.54) is 18.2 Å². The van der Waals surface area contributed by atoms with E-state index in [9.17, 15) is 0 Å². The largest absolute Gasteiger partial charge is 0.508 e. The second-order valence-corrected chi connectivity index (χ2v) is 2.61. The van der Waals surface area contributed by atoms with Gasteiger partial charge in [-0.2, -0.15) is 0 Å². The van der Waals surface area contributed by atoms with Crippen LogP contribution in [0, 0.1) is 0 Å². The second kappa shape index (κ2) is 4.40. The molecule has 3 nitrogen and oxygen atoms in total. The van der Waals surface area contributed by atoms with Crippen LogP contribution in [-0.4, -0.2) is 16.8 Å². The van der Waals surface area contributed by atoms with Gasteiger partial charge in [-0.05, 0) is 6.42 Å². The molecule has 0 atom stereocenters. The normalized spacial score (nSPS) is 9.54. The van der Waals surface area contributed by atoms with Gasteiger partial charge in [0.1, 0.15) is 17.2 Å². The minimum Gasteiger partial charge on any atom is -0.508 e.